The summed E-state index contributed by atoms with van der Waals surface area (Å²) in [5, 5.41) is 2.96. The van der Waals surface area contributed by atoms with Gasteiger partial charge in [0.05, 0.1) is 5.56 Å². The van der Waals surface area contributed by atoms with E-state index in [1.165, 1.54) is 6.07 Å². The van der Waals surface area contributed by atoms with Crippen LogP contribution in [0, 0.1) is 11.7 Å². The molecule has 18 heavy (non-hydrogen) atoms. The standard InChI is InChI=1S/C13H17F4N/c1-3-9(2)7-18-8-10-4-5-11(14)6-12(10)13(15,16)17/h4-6,9,18H,3,7-8H2,1-2H3. The van der Waals surface area contributed by atoms with E-state index in [2.05, 4.69) is 5.32 Å². The van der Waals surface area contributed by atoms with Crippen molar-refractivity contribution in [2.24, 2.45) is 5.92 Å². The fourth-order valence-electron chi connectivity index (χ4n) is 1.56. The zero-order valence-electron chi connectivity index (χ0n) is 10.4. The van der Waals surface area contributed by atoms with Crippen molar-refractivity contribution in [1.29, 1.82) is 0 Å². The smallest absolute Gasteiger partial charge is 0.312 e. The zero-order valence-corrected chi connectivity index (χ0v) is 10.4. The average molecular weight is 263 g/mol. The molecule has 0 aliphatic rings. The minimum absolute atomic E-state index is 0.0761. The lowest BCUT2D eigenvalue weighted by molar-refractivity contribution is -0.138. The van der Waals surface area contributed by atoms with E-state index in [0.29, 0.717) is 18.5 Å². The van der Waals surface area contributed by atoms with Crippen molar-refractivity contribution in [1.82, 2.24) is 5.32 Å². The number of hydrogen-bond acceptors (Lipinski definition) is 1. The molecule has 0 aromatic heterocycles. The van der Waals surface area contributed by atoms with Gasteiger partial charge in [-0.3, -0.25) is 0 Å². The number of halogens is 4. The first-order valence-corrected chi connectivity index (χ1v) is 5.91. The Hall–Kier alpha value is -1.10. The molecule has 0 fully saturated rings. The Kier molecular flexibility index (Phi) is 5.14. The van der Waals surface area contributed by atoms with Gasteiger partial charge in [-0.1, -0.05) is 26.3 Å². The first-order valence-electron chi connectivity index (χ1n) is 5.91. The highest BCUT2D eigenvalue weighted by atomic mass is 19.4. The molecule has 1 N–H and O–H groups in total. The van der Waals surface area contributed by atoms with Crippen molar-refractivity contribution >= 4 is 0 Å². The van der Waals surface area contributed by atoms with Crippen molar-refractivity contribution in [3.63, 3.8) is 0 Å². The predicted molar refractivity (Wildman–Crippen MR) is 62.6 cm³/mol. The van der Waals surface area contributed by atoms with E-state index in [-0.39, 0.29) is 12.1 Å². The largest absolute Gasteiger partial charge is 0.416 e. The van der Waals surface area contributed by atoms with Crippen LogP contribution in [0.15, 0.2) is 18.2 Å². The van der Waals surface area contributed by atoms with Gasteiger partial charge >= 0.3 is 6.18 Å². The molecule has 0 bridgehead atoms. The highest BCUT2D eigenvalue weighted by molar-refractivity contribution is 5.30. The molecule has 102 valence electrons. The van der Waals surface area contributed by atoms with E-state index < -0.39 is 17.6 Å². The van der Waals surface area contributed by atoms with Crippen LogP contribution in [0.4, 0.5) is 17.6 Å². The SMILES string of the molecule is CCC(C)CNCc1ccc(F)cc1C(F)(F)F. The van der Waals surface area contributed by atoms with E-state index in [4.69, 9.17) is 0 Å². The van der Waals surface area contributed by atoms with Crippen LogP contribution < -0.4 is 5.32 Å². The van der Waals surface area contributed by atoms with Crippen LogP contribution in [0.5, 0.6) is 0 Å². The normalized spacial score (nSPS) is 13.7. The molecule has 1 atom stereocenters. The molecule has 1 aromatic rings. The van der Waals surface area contributed by atoms with Crippen LogP contribution in [0.3, 0.4) is 0 Å². The molecule has 0 spiro atoms. The van der Waals surface area contributed by atoms with Gasteiger partial charge in [-0.05, 0) is 30.2 Å². The number of benzene rings is 1. The summed E-state index contributed by atoms with van der Waals surface area (Å²) in [5.74, 6) is -0.465. The van der Waals surface area contributed by atoms with E-state index in [0.717, 1.165) is 12.5 Å². The van der Waals surface area contributed by atoms with Gasteiger partial charge in [-0.15, -0.1) is 0 Å². The average Bonchev–Trinajstić information content (AvgIpc) is 2.29. The lowest BCUT2D eigenvalue weighted by Gasteiger charge is -2.15. The molecule has 0 aliphatic carbocycles. The third-order valence-corrected chi connectivity index (χ3v) is 2.88. The number of alkyl halides is 3. The maximum atomic E-state index is 12.9. The Bertz CT molecular complexity index is 387. The fourth-order valence-corrected chi connectivity index (χ4v) is 1.56. The summed E-state index contributed by atoms with van der Waals surface area (Å²) in [6.45, 7) is 4.78. The quantitative estimate of drug-likeness (QED) is 0.792. The second-order valence-corrected chi connectivity index (χ2v) is 4.44. The Morgan fingerprint density at radius 3 is 2.50 bits per heavy atom. The molecule has 1 rings (SSSR count). The minimum Gasteiger partial charge on any atom is -0.312 e. The van der Waals surface area contributed by atoms with Gasteiger partial charge in [-0.25, -0.2) is 4.39 Å². The summed E-state index contributed by atoms with van der Waals surface area (Å²) < 4.78 is 50.9. The van der Waals surface area contributed by atoms with Crippen molar-refractivity contribution in [2.45, 2.75) is 33.0 Å². The highest BCUT2D eigenvalue weighted by Gasteiger charge is 2.33. The molecule has 0 saturated carbocycles. The van der Waals surface area contributed by atoms with Crippen LogP contribution in [0.25, 0.3) is 0 Å². The molecule has 0 amide bonds. The highest BCUT2D eigenvalue weighted by Crippen LogP contribution is 2.32. The second kappa shape index (κ2) is 6.18. The van der Waals surface area contributed by atoms with Crippen LogP contribution in [-0.4, -0.2) is 6.54 Å². The van der Waals surface area contributed by atoms with Gasteiger partial charge in [0.15, 0.2) is 0 Å². The Balaban J connectivity index is 2.76. The summed E-state index contributed by atoms with van der Waals surface area (Å²) in [5.41, 5.74) is -0.827. The van der Waals surface area contributed by atoms with Gasteiger partial charge in [0, 0.05) is 6.54 Å². The van der Waals surface area contributed by atoms with Crippen molar-refractivity contribution in [3.05, 3.63) is 35.1 Å². The minimum atomic E-state index is -4.52. The molecule has 1 aromatic carbocycles. The molecule has 1 nitrogen and oxygen atoms in total. The number of hydrogen-bond donors (Lipinski definition) is 1. The maximum absolute atomic E-state index is 12.9. The van der Waals surface area contributed by atoms with Crippen molar-refractivity contribution in [3.8, 4) is 0 Å². The Morgan fingerprint density at radius 1 is 1.28 bits per heavy atom. The zero-order chi connectivity index (χ0) is 13.8. The summed E-state index contributed by atoms with van der Waals surface area (Å²) in [4.78, 5) is 0. The fraction of sp³-hybridized carbons (Fsp3) is 0.538. The Labute approximate surface area is 104 Å². The van der Waals surface area contributed by atoms with Crippen molar-refractivity contribution < 1.29 is 17.6 Å². The van der Waals surface area contributed by atoms with Gasteiger partial charge in [0.25, 0.3) is 0 Å². The molecule has 1 unspecified atom stereocenters. The van der Waals surface area contributed by atoms with Crippen molar-refractivity contribution in [2.75, 3.05) is 6.54 Å². The third-order valence-electron chi connectivity index (χ3n) is 2.88. The van der Waals surface area contributed by atoms with Crippen LogP contribution >= 0.6 is 0 Å². The van der Waals surface area contributed by atoms with Crippen LogP contribution in [0.1, 0.15) is 31.4 Å². The summed E-state index contributed by atoms with van der Waals surface area (Å²) >= 11 is 0. The summed E-state index contributed by atoms with van der Waals surface area (Å²) in [6.07, 6.45) is -3.56. The van der Waals surface area contributed by atoms with Crippen LogP contribution in [0.2, 0.25) is 0 Å². The first-order chi connectivity index (χ1) is 8.34. The number of rotatable bonds is 5. The van der Waals surface area contributed by atoms with E-state index in [1.54, 1.807) is 0 Å². The monoisotopic (exact) mass is 263 g/mol. The topological polar surface area (TPSA) is 12.0 Å². The third kappa shape index (κ3) is 4.29. The maximum Gasteiger partial charge on any atom is 0.416 e. The van der Waals surface area contributed by atoms with E-state index in [1.807, 2.05) is 13.8 Å². The first kappa shape index (κ1) is 15.0. The molecule has 0 heterocycles. The second-order valence-electron chi connectivity index (χ2n) is 4.44. The van der Waals surface area contributed by atoms with Crippen LogP contribution in [-0.2, 0) is 12.7 Å². The van der Waals surface area contributed by atoms with Gasteiger partial charge in [0.1, 0.15) is 5.82 Å². The molecule has 0 radical (unpaired) electrons. The van der Waals surface area contributed by atoms with E-state index >= 15 is 0 Å². The lowest BCUT2D eigenvalue weighted by Crippen LogP contribution is -2.22. The lowest BCUT2D eigenvalue weighted by atomic mass is 10.1. The van der Waals surface area contributed by atoms with E-state index in [9.17, 15) is 17.6 Å². The summed E-state index contributed by atoms with van der Waals surface area (Å²) in [7, 11) is 0. The predicted octanol–water partition coefficient (Wildman–Crippen LogP) is 3.98. The molecular formula is C13H17F4N. The summed E-state index contributed by atoms with van der Waals surface area (Å²) in [6, 6.07) is 2.78. The molecule has 0 saturated heterocycles. The molecular weight excluding hydrogens is 246 g/mol. The Morgan fingerprint density at radius 2 is 1.94 bits per heavy atom. The number of nitrogens with one attached hydrogen (secondary N) is 1. The molecule has 0 aliphatic heterocycles. The van der Waals surface area contributed by atoms with Gasteiger partial charge in [-0.2, -0.15) is 13.2 Å². The van der Waals surface area contributed by atoms with Gasteiger partial charge < -0.3 is 5.32 Å². The van der Waals surface area contributed by atoms with Gasteiger partial charge in [0.2, 0.25) is 0 Å². The molecule has 5 heteroatoms.